The summed E-state index contributed by atoms with van der Waals surface area (Å²) < 4.78 is 5.30. The van der Waals surface area contributed by atoms with Gasteiger partial charge in [0.25, 0.3) is 0 Å². The zero-order chi connectivity index (χ0) is 14.3. The number of ether oxygens (including phenoxy) is 1. The van der Waals surface area contributed by atoms with Gasteiger partial charge in [0, 0.05) is 10.7 Å². The third-order valence-corrected chi connectivity index (χ3v) is 4.65. The summed E-state index contributed by atoms with van der Waals surface area (Å²) in [5.41, 5.74) is 8.82. The molecule has 0 bridgehead atoms. The van der Waals surface area contributed by atoms with Crippen LogP contribution >= 0.6 is 22.9 Å². The van der Waals surface area contributed by atoms with E-state index < -0.39 is 0 Å². The van der Waals surface area contributed by atoms with Gasteiger partial charge in [-0.15, -0.1) is 11.3 Å². The van der Waals surface area contributed by atoms with E-state index in [9.17, 15) is 4.79 Å². The van der Waals surface area contributed by atoms with E-state index in [-0.39, 0.29) is 11.9 Å². The third-order valence-electron chi connectivity index (χ3n) is 3.34. The number of nitrogens with two attached hydrogens (primary N) is 1. The molecule has 0 fully saturated rings. The van der Waals surface area contributed by atoms with Gasteiger partial charge in [0.2, 0.25) is 5.91 Å². The van der Waals surface area contributed by atoms with Crippen molar-refractivity contribution in [2.24, 2.45) is 5.73 Å². The topological polar surface area (TPSA) is 64.3 Å². The average molecular weight is 309 g/mol. The molecule has 0 aliphatic carbocycles. The van der Waals surface area contributed by atoms with Crippen molar-refractivity contribution in [3.05, 3.63) is 44.6 Å². The number of fused-ring (bicyclic) bond motifs is 1. The predicted molar refractivity (Wildman–Crippen MR) is 80.7 cm³/mol. The van der Waals surface area contributed by atoms with Crippen LogP contribution in [0, 0.1) is 0 Å². The van der Waals surface area contributed by atoms with Crippen LogP contribution in [0.3, 0.4) is 0 Å². The smallest absolute Gasteiger partial charge is 0.228 e. The van der Waals surface area contributed by atoms with Crippen LogP contribution in [0.15, 0.2) is 23.6 Å². The normalized spacial score (nSPS) is 14.8. The van der Waals surface area contributed by atoms with Crippen LogP contribution in [0.5, 0.6) is 5.75 Å². The molecule has 1 atom stereocenters. The van der Waals surface area contributed by atoms with E-state index in [0.29, 0.717) is 11.4 Å². The SMILES string of the molecule is COc1ccsc1C(N)c1cc2c(cc1Cl)NC(=O)C2. The number of carbonyl (C=O) groups excluding carboxylic acids is 1. The lowest BCUT2D eigenvalue weighted by molar-refractivity contribution is -0.115. The van der Waals surface area contributed by atoms with Crippen molar-refractivity contribution in [2.45, 2.75) is 12.5 Å². The van der Waals surface area contributed by atoms with Crippen LogP contribution in [-0.2, 0) is 11.2 Å². The number of hydrogen-bond donors (Lipinski definition) is 2. The van der Waals surface area contributed by atoms with Gasteiger partial charge in [0.15, 0.2) is 0 Å². The summed E-state index contributed by atoms with van der Waals surface area (Å²) in [4.78, 5) is 12.3. The standard InChI is InChI=1S/C14H13ClN2O2S/c1-19-11-2-3-20-14(11)13(16)8-4-7-5-12(18)17-10(7)6-9(8)15/h2-4,6,13H,5,16H2,1H3,(H,17,18). The molecule has 4 nitrogen and oxygen atoms in total. The Balaban J connectivity index is 2.03. The molecule has 3 N–H and O–H groups in total. The highest BCUT2D eigenvalue weighted by atomic mass is 35.5. The maximum atomic E-state index is 11.4. The van der Waals surface area contributed by atoms with Crippen molar-refractivity contribution in [1.29, 1.82) is 0 Å². The first-order chi connectivity index (χ1) is 9.60. The van der Waals surface area contributed by atoms with Crippen molar-refractivity contribution in [3.8, 4) is 5.75 Å². The molecule has 2 heterocycles. The lowest BCUT2D eigenvalue weighted by Gasteiger charge is -2.15. The molecule has 0 saturated carbocycles. The summed E-state index contributed by atoms with van der Waals surface area (Å²) in [6, 6.07) is 5.18. The molecule has 1 aromatic heterocycles. The first-order valence-electron chi connectivity index (χ1n) is 6.09. The fourth-order valence-electron chi connectivity index (χ4n) is 2.35. The number of hydrogen-bond acceptors (Lipinski definition) is 4. The van der Waals surface area contributed by atoms with Crippen LogP contribution in [0.1, 0.15) is 22.0 Å². The number of carbonyl (C=O) groups is 1. The summed E-state index contributed by atoms with van der Waals surface area (Å²) in [6.45, 7) is 0. The second-order valence-electron chi connectivity index (χ2n) is 4.59. The molecule has 0 saturated heterocycles. The molecule has 1 amide bonds. The fraction of sp³-hybridized carbons (Fsp3) is 0.214. The highest BCUT2D eigenvalue weighted by Gasteiger charge is 2.24. The molecule has 1 aliphatic rings. The van der Waals surface area contributed by atoms with Gasteiger partial charge in [0.05, 0.1) is 24.4 Å². The lowest BCUT2D eigenvalue weighted by Crippen LogP contribution is -2.12. The first kappa shape index (κ1) is 13.4. The van der Waals surface area contributed by atoms with E-state index in [4.69, 9.17) is 22.1 Å². The molecular weight excluding hydrogens is 296 g/mol. The molecule has 3 rings (SSSR count). The van der Waals surface area contributed by atoms with Crippen molar-refractivity contribution >= 4 is 34.5 Å². The molecule has 1 aliphatic heterocycles. The number of rotatable bonds is 3. The van der Waals surface area contributed by atoms with Crippen LogP contribution in [0.25, 0.3) is 0 Å². The summed E-state index contributed by atoms with van der Waals surface area (Å²) in [5, 5.41) is 5.26. The highest BCUT2D eigenvalue weighted by molar-refractivity contribution is 7.10. The summed E-state index contributed by atoms with van der Waals surface area (Å²) in [6.07, 6.45) is 0.369. The van der Waals surface area contributed by atoms with Gasteiger partial charge in [-0.2, -0.15) is 0 Å². The van der Waals surface area contributed by atoms with Gasteiger partial charge >= 0.3 is 0 Å². The number of anilines is 1. The quantitative estimate of drug-likeness (QED) is 0.916. The molecule has 104 valence electrons. The summed E-state index contributed by atoms with van der Waals surface area (Å²) in [7, 11) is 1.62. The molecule has 20 heavy (non-hydrogen) atoms. The Labute approximate surface area is 125 Å². The number of benzene rings is 1. The Morgan fingerprint density at radius 3 is 3.05 bits per heavy atom. The molecule has 2 aromatic rings. The number of amides is 1. The first-order valence-corrected chi connectivity index (χ1v) is 7.35. The lowest BCUT2D eigenvalue weighted by atomic mass is 10.0. The maximum Gasteiger partial charge on any atom is 0.228 e. The van der Waals surface area contributed by atoms with E-state index in [1.807, 2.05) is 17.5 Å². The third kappa shape index (κ3) is 2.18. The Hall–Kier alpha value is -1.56. The highest BCUT2D eigenvalue weighted by Crippen LogP contribution is 2.38. The van der Waals surface area contributed by atoms with E-state index >= 15 is 0 Å². The average Bonchev–Trinajstić information content (AvgIpc) is 3.01. The largest absolute Gasteiger partial charge is 0.496 e. The fourth-order valence-corrected chi connectivity index (χ4v) is 3.51. The number of halogens is 1. The van der Waals surface area contributed by atoms with Gasteiger partial charge in [-0.1, -0.05) is 11.6 Å². The minimum atomic E-state index is -0.363. The van der Waals surface area contributed by atoms with Crippen molar-refractivity contribution in [2.75, 3.05) is 12.4 Å². The molecule has 1 aromatic carbocycles. The zero-order valence-electron chi connectivity index (χ0n) is 10.8. The van der Waals surface area contributed by atoms with E-state index in [0.717, 1.165) is 27.4 Å². The van der Waals surface area contributed by atoms with Gasteiger partial charge in [-0.3, -0.25) is 4.79 Å². The van der Waals surface area contributed by atoms with Crippen molar-refractivity contribution in [3.63, 3.8) is 0 Å². The molecule has 6 heteroatoms. The monoisotopic (exact) mass is 308 g/mol. The number of methoxy groups -OCH3 is 1. The van der Waals surface area contributed by atoms with Crippen LogP contribution < -0.4 is 15.8 Å². The molecule has 0 radical (unpaired) electrons. The predicted octanol–water partition coefficient (Wildman–Crippen LogP) is 2.95. The van der Waals surface area contributed by atoms with E-state index in [2.05, 4.69) is 5.32 Å². The molecule has 0 spiro atoms. The van der Waals surface area contributed by atoms with Gasteiger partial charge in [0.1, 0.15) is 5.75 Å². The maximum absolute atomic E-state index is 11.4. The second kappa shape index (κ2) is 5.09. The molecular formula is C14H13ClN2O2S. The van der Waals surface area contributed by atoms with Gasteiger partial charge in [-0.05, 0) is 34.7 Å². The summed E-state index contributed by atoms with van der Waals surface area (Å²) >= 11 is 7.82. The van der Waals surface area contributed by atoms with E-state index in [1.54, 1.807) is 13.2 Å². The zero-order valence-corrected chi connectivity index (χ0v) is 12.3. The second-order valence-corrected chi connectivity index (χ2v) is 5.94. The van der Waals surface area contributed by atoms with Crippen LogP contribution in [0.4, 0.5) is 5.69 Å². The summed E-state index contributed by atoms with van der Waals surface area (Å²) in [5.74, 6) is 0.740. The van der Waals surface area contributed by atoms with Gasteiger partial charge in [-0.25, -0.2) is 0 Å². The van der Waals surface area contributed by atoms with Crippen molar-refractivity contribution < 1.29 is 9.53 Å². The van der Waals surface area contributed by atoms with Crippen LogP contribution in [0.2, 0.25) is 5.02 Å². The van der Waals surface area contributed by atoms with E-state index in [1.165, 1.54) is 11.3 Å². The van der Waals surface area contributed by atoms with Crippen molar-refractivity contribution in [1.82, 2.24) is 0 Å². The Kier molecular flexibility index (Phi) is 3.41. The molecule has 1 unspecified atom stereocenters. The minimum Gasteiger partial charge on any atom is -0.496 e. The van der Waals surface area contributed by atoms with Gasteiger partial charge < -0.3 is 15.8 Å². The Morgan fingerprint density at radius 1 is 1.50 bits per heavy atom. The van der Waals surface area contributed by atoms with Crippen LogP contribution in [-0.4, -0.2) is 13.0 Å². The Morgan fingerprint density at radius 2 is 2.30 bits per heavy atom. The number of nitrogens with one attached hydrogen (secondary N) is 1. The number of thiophene rings is 1. The minimum absolute atomic E-state index is 0.0181. The Bertz CT molecular complexity index is 684.